The molecule has 0 radical (unpaired) electrons. The third-order valence-corrected chi connectivity index (χ3v) is 5.43. The van der Waals surface area contributed by atoms with E-state index in [-0.39, 0.29) is 13.0 Å². The molecule has 0 aromatic heterocycles. The van der Waals surface area contributed by atoms with Crippen molar-refractivity contribution in [3.63, 3.8) is 0 Å². The topological polar surface area (TPSA) is 58.3 Å². The number of hydrogen-bond donors (Lipinski definition) is 3. The van der Waals surface area contributed by atoms with Crippen molar-refractivity contribution in [2.24, 2.45) is 5.73 Å². The normalized spacial score (nSPS) is 13.8. The van der Waals surface area contributed by atoms with E-state index in [1.807, 2.05) is 18.2 Å². The molecule has 0 saturated carbocycles. The molecule has 0 aliphatic heterocycles. The molecule has 2 rings (SSSR count). The summed E-state index contributed by atoms with van der Waals surface area (Å²) in [6, 6.07) is 8.51. The van der Waals surface area contributed by atoms with Crippen LogP contribution in [0.5, 0.6) is 0 Å². The summed E-state index contributed by atoms with van der Waals surface area (Å²) in [6.45, 7) is 0.858. The van der Waals surface area contributed by atoms with Crippen LogP contribution in [0.25, 0.3) is 0 Å². The Kier molecular flexibility index (Phi) is 7.31. The molecule has 4 N–H and O–H groups in total. The van der Waals surface area contributed by atoms with Crippen molar-refractivity contribution in [3.05, 3.63) is 68.1 Å². The summed E-state index contributed by atoms with van der Waals surface area (Å²) in [6.07, 6.45) is -0.628. The van der Waals surface area contributed by atoms with Gasteiger partial charge in [0.15, 0.2) is 0 Å². The molecule has 2 atom stereocenters. The van der Waals surface area contributed by atoms with Crippen LogP contribution < -0.4 is 11.1 Å². The molecule has 2 aromatic rings. The van der Waals surface area contributed by atoms with Crippen molar-refractivity contribution in [2.45, 2.75) is 25.1 Å². The van der Waals surface area contributed by atoms with Crippen molar-refractivity contribution in [1.29, 1.82) is 0 Å². The summed E-state index contributed by atoms with van der Waals surface area (Å²) < 4.78 is 28.3. The van der Waals surface area contributed by atoms with Gasteiger partial charge in [-0.1, -0.05) is 6.07 Å². The van der Waals surface area contributed by atoms with Gasteiger partial charge in [0.2, 0.25) is 0 Å². The molecule has 0 spiro atoms. The minimum absolute atomic E-state index is 0.196. The molecule has 0 saturated heterocycles. The summed E-state index contributed by atoms with van der Waals surface area (Å²) in [5.74, 6) is -1.30. The molecule has 0 unspecified atom stereocenters. The summed E-state index contributed by atoms with van der Waals surface area (Å²) in [4.78, 5) is 0. The molecule has 0 bridgehead atoms. The Bertz CT molecular complexity index is 680. The zero-order valence-electron chi connectivity index (χ0n) is 12.8. The van der Waals surface area contributed by atoms with E-state index in [4.69, 9.17) is 5.73 Å². The lowest BCUT2D eigenvalue weighted by Crippen LogP contribution is -2.43. The van der Waals surface area contributed by atoms with Crippen molar-refractivity contribution >= 4 is 31.9 Å². The SMILES string of the molecule is N[C@@H](Cc1cc(F)cc(F)c1)[C@H](O)CNCc1ccc(Br)c(Br)c1. The van der Waals surface area contributed by atoms with Crippen molar-refractivity contribution < 1.29 is 13.9 Å². The van der Waals surface area contributed by atoms with Gasteiger partial charge < -0.3 is 16.2 Å². The number of benzene rings is 2. The van der Waals surface area contributed by atoms with E-state index >= 15 is 0 Å². The maximum Gasteiger partial charge on any atom is 0.126 e. The minimum Gasteiger partial charge on any atom is -0.390 e. The highest BCUT2D eigenvalue weighted by atomic mass is 79.9. The summed E-state index contributed by atoms with van der Waals surface area (Å²) in [5.41, 5.74) is 7.40. The standard InChI is InChI=1S/C17H18Br2F2N2O/c18-14-2-1-10(5-15(14)19)8-23-9-17(24)16(22)6-11-3-12(20)7-13(21)4-11/h1-5,7,16-17,23-24H,6,8-9,22H2/t16-,17+/m0/s1. The highest BCUT2D eigenvalue weighted by molar-refractivity contribution is 9.13. The number of aliphatic hydroxyl groups is 1. The first kappa shape index (κ1) is 19.5. The quantitative estimate of drug-likeness (QED) is 0.588. The predicted octanol–water partition coefficient (Wildman–Crippen LogP) is 3.51. The third kappa shape index (κ3) is 5.89. The lowest BCUT2D eigenvalue weighted by Gasteiger charge is -2.19. The Balaban J connectivity index is 1.82. The number of rotatable bonds is 7. The summed E-state index contributed by atoms with van der Waals surface area (Å²) in [5, 5.41) is 13.2. The Labute approximate surface area is 156 Å². The molecule has 24 heavy (non-hydrogen) atoms. The molecule has 2 aromatic carbocycles. The van der Waals surface area contributed by atoms with Crippen LogP contribution in [-0.2, 0) is 13.0 Å². The maximum atomic E-state index is 13.2. The fraction of sp³-hybridized carbons (Fsp3) is 0.294. The van der Waals surface area contributed by atoms with Gasteiger partial charge in [-0.2, -0.15) is 0 Å². The van der Waals surface area contributed by atoms with Gasteiger partial charge in [-0.3, -0.25) is 0 Å². The van der Waals surface area contributed by atoms with Gasteiger partial charge in [0.25, 0.3) is 0 Å². The van der Waals surface area contributed by atoms with Crippen LogP contribution in [0.3, 0.4) is 0 Å². The van der Waals surface area contributed by atoms with Crippen LogP contribution in [0.15, 0.2) is 45.3 Å². The molecular weight excluding hydrogens is 446 g/mol. The van der Waals surface area contributed by atoms with E-state index in [1.165, 1.54) is 12.1 Å². The maximum absolute atomic E-state index is 13.2. The van der Waals surface area contributed by atoms with Crippen LogP contribution in [-0.4, -0.2) is 23.8 Å². The lowest BCUT2D eigenvalue weighted by atomic mass is 10.0. The van der Waals surface area contributed by atoms with Gasteiger partial charge in [-0.15, -0.1) is 0 Å². The lowest BCUT2D eigenvalue weighted by molar-refractivity contribution is 0.141. The van der Waals surface area contributed by atoms with E-state index in [0.29, 0.717) is 12.1 Å². The number of nitrogens with two attached hydrogens (primary N) is 1. The fourth-order valence-corrected chi connectivity index (χ4v) is 2.98. The van der Waals surface area contributed by atoms with Crippen molar-refractivity contribution in [1.82, 2.24) is 5.32 Å². The molecule has 0 aliphatic carbocycles. The number of aliphatic hydroxyl groups excluding tert-OH is 1. The monoisotopic (exact) mass is 462 g/mol. The Morgan fingerprint density at radius 3 is 2.29 bits per heavy atom. The average Bonchev–Trinajstić information content (AvgIpc) is 2.49. The van der Waals surface area contributed by atoms with Crippen LogP contribution in [0.1, 0.15) is 11.1 Å². The smallest absolute Gasteiger partial charge is 0.126 e. The Morgan fingerprint density at radius 2 is 1.67 bits per heavy atom. The van der Waals surface area contributed by atoms with E-state index in [2.05, 4.69) is 37.2 Å². The first-order valence-corrected chi connectivity index (χ1v) is 8.97. The van der Waals surface area contributed by atoms with Crippen molar-refractivity contribution in [3.8, 4) is 0 Å². The summed E-state index contributed by atoms with van der Waals surface area (Å²) >= 11 is 6.84. The first-order chi connectivity index (χ1) is 11.3. The second kappa shape index (κ2) is 9.01. The fourth-order valence-electron chi connectivity index (χ4n) is 2.30. The highest BCUT2D eigenvalue weighted by Crippen LogP contribution is 2.23. The van der Waals surface area contributed by atoms with Gasteiger partial charge >= 0.3 is 0 Å². The second-order valence-corrected chi connectivity index (χ2v) is 7.30. The predicted molar refractivity (Wildman–Crippen MR) is 97.6 cm³/mol. The molecule has 130 valence electrons. The van der Waals surface area contributed by atoms with E-state index in [0.717, 1.165) is 20.6 Å². The number of nitrogens with one attached hydrogen (secondary N) is 1. The largest absolute Gasteiger partial charge is 0.390 e. The van der Waals surface area contributed by atoms with Gasteiger partial charge in [0, 0.05) is 34.1 Å². The molecule has 0 aliphatic rings. The van der Waals surface area contributed by atoms with E-state index in [1.54, 1.807) is 0 Å². The van der Waals surface area contributed by atoms with Gasteiger partial charge in [0.05, 0.1) is 6.10 Å². The second-order valence-electron chi connectivity index (χ2n) is 5.59. The Hall–Kier alpha value is -0.860. The van der Waals surface area contributed by atoms with Crippen molar-refractivity contribution in [2.75, 3.05) is 6.54 Å². The Morgan fingerprint density at radius 1 is 1.00 bits per heavy atom. The van der Waals surface area contributed by atoms with Crippen LogP contribution in [0, 0.1) is 11.6 Å². The molecular formula is C17H18Br2F2N2O. The highest BCUT2D eigenvalue weighted by Gasteiger charge is 2.16. The van der Waals surface area contributed by atoms with Crippen LogP contribution in [0.2, 0.25) is 0 Å². The minimum atomic E-state index is -0.824. The number of halogens is 4. The summed E-state index contributed by atoms with van der Waals surface area (Å²) in [7, 11) is 0. The zero-order chi connectivity index (χ0) is 17.7. The van der Waals surface area contributed by atoms with Gasteiger partial charge in [0.1, 0.15) is 11.6 Å². The number of hydrogen-bond acceptors (Lipinski definition) is 3. The van der Waals surface area contributed by atoms with Gasteiger partial charge in [-0.05, 0) is 73.7 Å². The van der Waals surface area contributed by atoms with E-state index in [9.17, 15) is 13.9 Å². The first-order valence-electron chi connectivity index (χ1n) is 7.38. The van der Waals surface area contributed by atoms with Crippen LogP contribution in [0.4, 0.5) is 8.78 Å². The van der Waals surface area contributed by atoms with Crippen LogP contribution >= 0.6 is 31.9 Å². The molecule has 0 heterocycles. The molecule has 7 heteroatoms. The van der Waals surface area contributed by atoms with E-state index < -0.39 is 23.8 Å². The zero-order valence-corrected chi connectivity index (χ0v) is 15.9. The third-order valence-electron chi connectivity index (χ3n) is 3.55. The average molecular weight is 464 g/mol. The molecule has 3 nitrogen and oxygen atoms in total. The molecule has 0 fully saturated rings. The molecule has 0 amide bonds. The van der Waals surface area contributed by atoms with Gasteiger partial charge in [-0.25, -0.2) is 8.78 Å².